The van der Waals surface area contributed by atoms with Gasteiger partial charge in [-0.3, -0.25) is 9.67 Å². The predicted octanol–water partition coefficient (Wildman–Crippen LogP) is 2.52. The SMILES string of the molecule is CN=C(NCc1ccc(O)c(F)c1)N1CCC(Cc2cnn(C)c2)C1.I. The van der Waals surface area contributed by atoms with Crippen LogP contribution in [-0.2, 0) is 20.0 Å². The Morgan fingerprint density at radius 2 is 2.23 bits per heavy atom. The van der Waals surface area contributed by atoms with Crippen LogP contribution in [-0.4, -0.2) is 45.9 Å². The van der Waals surface area contributed by atoms with Crippen LogP contribution in [0.1, 0.15) is 17.5 Å². The number of hydrogen-bond acceptors (Lipinski definition) is 3. The van der Waals surface area contributed by atoms with Gasteiger partial charge in [0, 0.05) is 39.9 Å². The van der Waals surface area contributed by atoms with Gasteiger partial charge in [0.1, 0.15) is 0 Å². The Balaban J connectivity index is 0.00000243. The molecule has 1 saturated heterocycles. The monoisotopic (exact) mass is 473 g/mol. The summed E-state index contributed by atoms with van der Waals surface area (Å²) in [6, 6.07) is 4.41. The van der Waals surface area contributed by atoms with E-state index in [-0.39, 0.29) is 29.7 Å². The van der Waals surface area contributed by atoms with Gasteiger partial charge in [0.25, 0.3) is 0 Å². The highest BCUT2D eigenvalue weighted by Crippen LogP contribution is 2.21. The first-order valence-corrected chi connectivity index (χ1v) is 8.45. The van der Waals surface area contributed by atoms with Crippen LogP contribution in [0.4, 0.5) is 4.39 Å². The Bertz CT molecular complexity index is 764. The minimum atomic E-state index is -0.605. The van der Waals surface area contributed by atoms with Gasteiger partial charge < -0.3 is 15.3 Å². The van der Waals surface area contributed by atoms with Crippen molar-refractivity contribution >= 4 is 29.9 Å². The van der Waals surface area contributed by atoms with E-state index in [4.69, 9.17) is 0 Å². The number of likely N-dealkylation sites (tertiary alicyclic amines) is 1. The fourth-order valence-electron chi connectivity index (χ4n) is 3.28. The van der Waals surface area contributed by atoms with Gasteiger partial charge in [0.15, 0.2) is 17.5 Å². The topological polar surface area (TPSA) is 65.7 Å². The summed E-state index contributed by atoms with van der Waals surface area (Å²) < 4.78 is 15.3. The number of nitrogens with zero attached hydrogens (tertiary/aromatic N) is 4. The van der Waals surface area contributed by atoms with Crippen LogP contribution < -0.4 is 5.32 Å². The number of hydrogen-bond donors (Lipinski definition) is 2. The van der Waals surface area contributed by atoms with Crippen LogP contribution in [0.3, 0.4) is 0 Å². The third-order valence-electron chi connectivity index (χ3n) is 4.54. The van der Waals surface area contributed by atoms with E-state index in [0.29, 0.717) is 12.5 Å². The van der Waals surface area contributed by atoms with Crippen molar-refractivity contribution in [2.45, 2.75) is 19.4 Å². The molecule has 0 aliphatic carbocycles. The first-order valence-electron chi connectivity index (χ1n) is 8.45. The maximum absolute atomic E-state index is 13.4. The van der Waals surface area contributed by atoms with Crippen molar-refractivity contribution in [3.8, 4) is 5.75 Å². The summed E-state index contributed by atoms with van der Waals surface area (Å²) in [6.07, 6.45) is 6.12. The van der Waals surface area contributed by atoms with Gasteiger partial charge in [-0.1, -0.05) is 6.07 Å². The molecule has 142 valence electrons. The molecule has 1 aliphatic heterocycles. The third kappa shape index (κ3) is 5.09. The second-order valence-electron chi connectivity index (χ2n) is 6.51. The molecule has 0 bridgehead atoms. The number of benzene rings is 1. The number of guanidine groups is 1. The Kier molecular flexibility index (Phi) is 7.24. The normalized spacial score (nSPS) is 17.3. The van der Waals surface area contributed by atoms with E-state index < -0.39 is 5.82 Å². The van der Waals surface area contributed by atoms with E-state index in [2.05, 4.69) is 26.5 Å². The lowest BCUT2D eigenvalue weighted by molar-refractivity contribution is 0.431. The Hall–Kier alpha value is -1.84. The van der Waals surface area contributed by atoms with Gasteiger partial charge in [0.05, 0.1) is 6.20 Å². The van der Waals surface area contributed by atoms with Crippen molar-refractivity contribution in [3.63, 3.8) is 0 Å². The molecule has 2 heterocycles. The maximum atomic E-state index is 13.4. The zero-order chi connectivity index (χ0) is 17.8. The van der Waals surface area contributed by atoms with Crippen molar-refractivity contribution in [2.75, 3.05) is 20.1 Å². The standard InChI is InChI=1S/C18H24FN5O.HI/c1-20-18(21-9-13-3-4-17(25)16(19)8-13)24-6-5-14(12-24)7-15-10-22-23(2)11-15;/h3-4,8,10-11,14,25H,5-7,9,12H2,1-2H3,(H,20,21);1H. The second kappa shape index (κ2) is 9.20. The molecular weight excluding hydrogens is 448 g/mol. The van der Waals surface area contributed by atoms with Gasteiger partial charge in [0.2, 0.25) is 0 Å². The van der Waals surface area contributed by atoms with Crippen LogP contribution in [0.2, 0.25) is 0 Å². The van der Waals surface area contributed by atoms with E-state index in [1.54, 1.807) is 13.1 Å². The van der Waals surface area contributed by atoms with E-state index >= 15 is 0 Å². The smallest absolute Gasteiger partial charge is 0.193 e. The minimum absolute atomic E-state index is 0. The van der Waals surface area contributed by atoms with Crippen LogP contribution in [0.5, 0.6) is 5.75 Å². The number of phenols is 1. The van der Waals surface area contributed by atoms with Crippen molar-refractivity contribution < 1.29 is 9.50 Å². The molecule has 1 aromatic carbocycles. The number of aromatic nitrogens is 2. The summed E-state index contributed by atoms with van der Waals surface area (Å²) in [4.78, 5) is 6.58. The summed E-state index contributed by atoms with van der Waals surface area (Å²) in [5.74, 6) is 0.467. The molecule has 8 heteroatoms. The van der Waals surface area contributed by atoms with Crippen molar-refractivity contribution in [3.05, 3.63) is 47.5 Å². The Morgan fingerprint density at radius 1 is 1.42 bits per heavy atom. The van der Waals surface area contributed by atoms with Gasteiger partial charge in [-0.2, -0.15) is 5.10 Å². The summed E-state index contributed by atoms with van der Waals surface area (Å²) in [5, 5.41) is 16.8. The first kappa shape index (κ1) is 20.5. The molecule has 0 radical (unpaired) electrons. The molecular formula is C18H25FIN5O. The number of nitrogens with one attached hydrogen (secondary N) is 1. The molecule has 1 aliphatic rings. The van der Waals surface area contributed by atoms with E-state index in [1.165, 1.54) is 17.7 Å². The van der Waals surface area contributed by atoms with E-state index in [9.17, 15) is 9.50 Å². The maximum Gasteiger partial charge on any atom is 0.193 e. The lowest BCUT2D eigenvalue weighted by Gasteiger charge is -2.21. The predicted molar refractivity (Wildman–Crippen MR) is 110 cm³/mol. The van der Waals surface area contributed by atoms with Crippen LogP contribution >= 0.6 is 24.0 Å². The minimum Gasteiger partial charge on any atom is -0.505 e. The molecule has 3 rings (SSSR count). The molecule has 2 N–H and O–H groups in total. The number of phenolic OH excluding ortho intramolecular Hbond substituents is 1. The molecule has 1 unspecified atom stereocenters. The van der Waals surface area contributed by atoms with Gasteiger partial charge in [-0.05, 0) is 42.0 Å². The molecule has 26 heavy (non-hydrogen) atoms. The van der Waals surface area contributed by atoms with E-state index in [0.717, 1.165) is 37.5 Å². The third-order valence-corrected chi connectivity index (χ3v) is 4.54. The number of aryl methyl sites for hydroxylation is 1. The molecule has 1 aromatic heterocycles. The average molecular weight is 473 g/mol. The van der Waals surface area contributed by atoms with E-state index in [1.807, 2.05) is 17.9 Å². The zero-order valence-electron chi connectivity index (χ0n) is 15.0. The summed E-state index contributed by atoms with van der Waals surface area (Å²) >= 11 is 0. The van der Waals surface area contributed by atoms with Crippen molar-refractivity contribution in [1.82, 2.24) is 20.0 Å². The fraction of sp³-hybridized carbons (Fsp3) is 0.444. The Labute approximate surface area is 170 Å². The summed E-state index contributed by atoms with van der Waals surface area (Å²) in [7, 11) is 3.69. The van der Waals surface area contributed by atoms with Crippen molar-refractivity contribution in [2.24, 2.45) is 18.0 Å². The number of halogens is 2. The van der Waals surface area contributed by atoms with Crippen LogP contribution in [0.25, 0.3) is 0 Å². The highest BCUT2D eigenvalue weighted by atomic mass is 127. The Morgan fingerprint density at radius 3 is 2.88 bits per heavy atom. The molecule has 6 nitrogen and oxygen atoms in total. The van der Waals surface area contributed by atoms with Gasteiger partial charge in [-0.15, -0.1) is 24.0 Å². The van der Waals surface area contributed by atoms with Gasteiger partial charge in [-0.25, -0.2) is 4.39 Å². The largest absolute Gasteiger partial charge is 0.505 e. The summed E-state index contributed by atoms with van der Waals surface area (Å²) in [5.41, 5.74) is 2.03. The van der Waals surface area contributed by atoms with Crippen LogP contribution in [0, 0.1) is 11.7 Å². The highest BCUT2D eigenvalue weighted by Gasteiger charge is 2.25. The highest BCUT2D eigenvalue weighted by molar-refractivity contribution is 14.0. The molecule has 0 amide bonds. The molecule has 1 fully saturated rings. The summed E-state index contributed by atoms with van der Waals surface area (Å²) in [6.45, 7) is 2.36. The molecule has 0 saturated carbocycles. The molecule has 2 aromatic rings. The molecule has 0 spiro atoms. The second-order valence-corrected chi connectivity index (χ2v) is 6.51. The number of aromatic hydroxyl groups is 1. The van der Waals surface area contributed by atoms with Crippen molar-refractivity contribution in [1.29, 1.82) is 0 Å². The average Bonchev–Trinajstić information content (AvgIpc) is 3.21. The lowest BCUT2D eigenvalue weighted by atomic mass is 10.0. The molecule has 1 atom stereocenters. The van der Waals surface area contributed by atoms with Gasteiger partial charge >= 0.3 is 0 Å². The van der Waals surface area contributed by atoms with Crippen LogP contribution in [0.15, 0.2) is 35.6 Å². The first-order chi connectivity index (χ1) is 12.0. The number of rotatable bonds is 4. The zero-order valence-corrected chi connectivity index (χ0v) is 17.4. The fourth-order valence-corrected chi connectivity index (χ4v) is 3.28. The lowest BCUT2D eigenvalue weighted by Crippen LogP contribution is -2.39. The number of aliphatic imine (C=N–C) groups is 1. The quantitative estimate of drug-likeness (QED) is 0.407.